The van der Waals surface area contributed by atoms with Crippen LogP contribution in [0.15, 0.2) is 69.3 Å². The minimum atomic E-state index is -0.836. The number of urea groups is 1. The number of ether oxygens (including phenoxy) is 2. The van der Waals surface area contributed by atoms with E-state index in [1.165, 1.54) is 25.5 Å². The van der Waals surface area contributed by atoms with Gasteiger partial charge < -0.3 is 13.9 Å². The minimum absolute atomic E-state index is 0.0271. The number of halogens is 2. The first kappa shape index (κ1) is 23.2. The molecule has 1 aromatic heterocycles. The van der Waals surface area contributed by atoms with E-state index in [9.17, 15) is 18.8 Å². The molecule has 0 bridgehead atoms. The average molecular weight is 529 g/mol. The lowest BCUT2D eigenvalue weighted by Gasteiger charge is -2.25. The van der Waals surface area contributed by atoms with E-state index in [0.29, 0.717) is 32.9 Å². The van der Waals surface area contributed by atoms with Crippen LogP contribution in [0.25, 0.3) is 6.08 Å². The van der Waals surface area contributed by atoms with Gasteiger partial charge in [-0.05, 0) is 42.0 Å². The Kier molecular flexibility index (Phi) is 6.78. The number of hydrogen-bond donors (Lipinski definition) is 1. The number of hydrogen-bond acceptors (Lipinski definition) is 6. The van der Waals surface area contributed by atoms with Gasteiger partial charge in [-0.25, -0.2) is 9.18 Å². The third kappa shape index (κ3) is 4.86. The number of amides is 4. The summed E-state index contributed by atoms with van der Waals surface area (Å²) in [5.74, 6) is -0.964. The van der Waals surface area contributed by atoms with Gasteiger partial charge in [0.15, 0.2) is 11.5 Å². The van der Waals surface area contributed by atoms with Gasteiger partial charge in [-0.3, -0.25) is 19.8 Å². The number of carbonyl (C=O) groups is 3. The van der Waals surface area contributed by atoms with Gasteiger partial charge in [-0.2, -0.15) is 0 Å². The first-order valence-corrected chi connectivity index (χ1v) is 10.8. The van der Waals surface area contributed by atoms with Crippen LogP contribution >= 0.6 is 15.9 Å². The summed E-state index contributed by atoms with van der Waals surface area (Å²) in [6, 6.07) is 11.8. The van der Waals surface area contributed by atoms with Gasteiger partial charge in [0.2, 0.25) is 0 Å². The number of methoxy groups -OCH3 is 1. The third-order valence-corrected chi connectivity index (χ3v) is 5.69. The normalized spacial score (nSPS) is 15.0. The highest BCUT2D eigenvalue weighted by atomic mass is 79.9. The van der Waals surface area contributed by atoms with E-state index in [-0.39, 0.29) is 18.7 Å². The highest BCUT2D eigenvalue weighted by molar-refractivity contribution is 9.10. The number of carbonyl (C=O) groups excluding carboxylic acids is 3. The summed E-state index contributed by atoms with van der Waals surface area (Å²) in [5.41, 5.74) is 0.562. The summed E-state index contributed by atoms with van der Waals surface area (Å²) in [7, 11) is 1.43. The van der Waals surface area contributed by atoms with E-state index >= 15 is 0 Å². The molecule has 174 valence electrons. The van der Waals surface area contributed by atoms with Crippen LogP contribution in [0.1, 0.15) is 16.9 Å². The fraction of sp³-hybridized carbons (Fsp3) is 0.125. The zero-order chi connectivity index (χ0) is 24.2. The third-order valence-electron chi connectivity index (χ3n) is 5.00. The molecular formula is C24H18BrFN2O6. The quantitative estimate of drug-likeness (QED) is 0.359. The fourth-order valence-corrected chi connectivity index (χ4v) is 3.69. The standard InChI is InChI=1S/C24H18BrFN2O6/c1-32-20-10-15(18(25)11-21(20)34-13-14-5-2-3-7-19(14)26)9-17-22(29)27-24(31)28(23(17)30)12-16-6-4-8-33-16/h2-11H,12-13H2,1H3,(H,27,29,31)/b17-9+. The molecule has 1 fully saturated rings. The molecule has 2 heterocycles. The molecule has 4 amide bonds. The van der Waals surface area contributed by atoms with Crippen LogP contribution in [0.4, 0.5) is 9.18 Å². The van der Waals surface area contributed by atoms with Crippen molar-refractivity contribution in [2.75, 3.05) is 7.11 Å². The summed E-state index contributed by atoms with van der Waals surface area (Å²) in [4.78, 5) is 38.4. The Morgan fingerprint density at radius 1 is 1.12 bits per heavy atom. The predicted molar refractivity (Wildman–Crippen MR) is 122 cm³/mol. The van der Waals surface area contributed by atoms with Crippen LogP contribution in [0.3, 0.4) is 0 Å². The van der Waals surface area contributed by atoms with Crippen molar-refractivity contribution in [3.63, 3.8) is 0 Å². The van der Waals surface area contributed by atoms with Gasteiger partial charge in [0.05, 0.1) is 19.9 Å². The zero-order valence-corrected chi connectivity index (χ0v) is 19.4. The second-order valence-electron chi connectivity index (χ2n) is 7.19. The van der Waals surface area contributed by atoms with Crippen LogP contribution in [0, 0.1) is 5.82 Å². The summed E-state index contributed by atoms with van der Waals surface area (Å²) >= 11 is 3.40. The van der Waals surface area contributed by atoms with Crippen molar-refractivity contribution in [1.29, 1.82) is 0 Å². The van der Waals surface area contributed by atoms with Gasteiger partial charge >= 0.3 is 6.03 Å². The number of rotatable bonds is 7. The van der Waals surface area contributed by atoms with Crippen molar-refractivity contribution in [2.45, 2.75) is 13.2 Å². The number of benzene rings is 2. The largest absolute Gasteiger partial charge is 0.493 e. The molecule has 1 aliphatic heterocycles. The van der Waals surface area contributed by atoms with Crippen LogP contribution in [-0.2, 0) is 22.7 Å². The summed E-state index contributed by atoms with van der Waals surface area (Å²) in [6.07, 6.45) is 2.76. The van der Waals surface area contributed by atoms with Crippen molar-refractivity contribution < 1.29 is 32.7 Å². The maximum Gasteiger partial charge on any atom is 0.331 e. The van der Waals surface area contributed by atoms with Crippen molar-refractivity contribution >= 4 is 39.9 Å². The predicted octanol–water partition coefficient (Wildman–Crippen LogP) is 4.43. The van der Waals surface area contributed by atoms with E-state index < -0.39 is 23.7 Å². The lowest BCUT2D eigenvalue weighted by Crippen LogP contribution is -2.53. The van der Waals surface area contributed by atoms with Crippen LogP contribution in [0.2, 0.25) is 0 Å². The average Bonchev–Trinajstić information content (AvgIpc) is 3.33. The SMILES string of the molecule is COc1cc(/C=C2\C(=O)NC(=O)N(Cc3ccco3)C2=O)c(Br)cc1OCc1ccccc1F. The number of imide groups is 2. The molecular weight excluding hydrogens is 511 g/mol. The Balaban J connectivity index is 1.61. The topological polar surface area (TPSA) is 98.1 Å². The number of nitrogens with one attached hydrogen (secondary N) is 1. The van der Waals surface area contributed by atoms with Gasteiger partial charge in [-0.15, -0.1) is 0 Å². The second kappa shape index (κ2) is 9.92. The van der Waals surface area contributed by atoms with E-state index in [1.54, 1.807) is 42.5 Å². The van der Waals surface area contributed by atoms with E-state index in [0.717, 1.165) is 4.90 Å². The van der Waals surface area contributed by atoms with Gasteiger partial charge in [-0.1, -0.05) is 34.1 Å². The molecule has 1 saturated heterocycles. The monoisotopic (exact) mass is 528 g/mol. The van der Waals surface area contributed by atoms with Crippen molar-refractivity contribution in [1.82, 2.24) is 10.2 Å². The highest BCUT2D eigenvalue weighted by Crippen LogP contribution is 2.35. The molecule has 0 unspecified atom stereocenters. The molecule has 10 heteroatoms. The first-order chi connectivity index (χ1) is 16.4. The molecule has 0 spiro atoms. The van der Waals surface area contributed by atoms with Crippen molar-refractivity contribution in [3.05, 3.63) is 87.5 Å². The van der Waals surface area contributed by atoms with E-state index in [1.807, 2.05) is 0 Å². The second-order valence-corrected chi connectivity index (χ2v) is 8.05. The maximum absolute atomic E-state index is 13.9. The first-order valence-electron chi connectivity index (χ1n) is 10.0. The van der Waals surface area contributed by atoms with Gasteiger partial charge in [0.1, 0.15) is 23.8 Å². The summed E-state index contributed by atoms with van der Waals surface area (Å²) in [5, 5.41) is 2.16. The van der Waals surface area contributed by atoms with E-state index in [4.69, 9.17) is 13.9 Å². The molecule has 0 saturated carbocycles. The fourth-order valence-electron chi connectivity index (χ4n) is 3.26. The Morgan fingerprint density at radius 2 is 1.91 bits per heavy atom. The van der Waals surface area contributed by atoms with Gasteiger partial charge in [0.25, 0.3) is 11.8 Å². The lowest BCUT2D eigenvalue weighted by atomic mass is 10.1. The molecule has 0 atom stereocenters. The molecule has 0 aliphatic carbocycles. The summed E-state index contributed by atoms with van der Waals surface area (Å²) in [6.45, 7) is -0.156. The molecule has 0 radical (unpaired) electrons. The Morgan fingerprint density at radius 3 is 2.62 bits per heavy atom. The number of nitrogens with zero attached hydrogens (tertiary/aromatic N) is 1. The molecule has 34 heavy (non-hydrogen) atoms. The molecule has 8 nitrogen and oxygen atoms in total. The van der Waals surface area contributed by atoms with Crippen molar-refractivity contribution in [2.24, 2.45) is 0 Å². The minimum Gasteiger partial charge on any atom is -0.493 e. The lowest BCUT2D eigenvalue weighted by molar-refractivity contribution is -0.130. The maximum atomic E-state index is 13.9. The van der Waals surface area contributed by atoms with Gasteiger partial charge in [0, 0.05) is 10.0 Å². The zero-order valence-electron chi connectivity index (χ0n) is 17.8. The van der Waals surface area contributed by atoms with Crippen LogP contribution in [-0.4, -0.2) is 29.9 Å². The number of barbiturate groups is 1. The van der Waals surface area contributed by atoms with Crippen molar-refractivity contribution in [3.8, 4) is 11.5 Å². The smallest absolute Gasteiger partial charge is 0.331 e. The summed E-state index contributed by atoms with van der Waals surface area (Å²) < 4.78 is 30.7. The Hall–Kier alpha value is -3.92. The molecule has 1 aliphatic rings. The van der Waals surface area contributed by atoms with Crippen LogP contribution < -0.4 is 14.8 Å². The Labute approximate surface area is 202 Å². The highest BCUT2D eigenvalue weighted by Gasteiger charge is 2.36. The molecule has 1 N–H and O–H groups in total. The van der Waals surface area contributed by atoms with E-state index in [2.05, 4.69) is 21.2 Å². The number of furan rings is 1. The van der Waals surface area contributed by atoms with Crippen LogP contribution in [0.5, 0.6) is 11.5 Å². The molecule has 3 aromatic rings. The molecule has 4 rings (SSSR count). The molecule has 2 aromatic carbocycles. The Bertz CT molecular complexity index is 1290.